The van der Waals surface area contributed by atoms with Crippen molar-refractivity contribution in [2.45, 2.75) is 11.8 Å². The van der Waals surface area contributed by atoms with Gasteiger partial charge in [0.25, 0.3) is 9.05 Å². The van der Waals surface area contributed by atoms with Gasteiger partial charge >= 0.3 is 5.97 Å². The van der Waals surface area contributed by atoms with Gasteiger partial charge in [0, 0.05) is 16.3 Å². The molecule has 0 heterocycles. The number of hydrogen-bond acceptors (Lipinski definition) is 3. The van der Waals surface area contributed by atoms with Crippen molar-refractivity contribution in [1.29, 1.82) is 0 Å². The van der Waals surface area contributed by atoms with E-state index >= 15 is 0 Å². The zero-order chi connectivity index (χ0) is 12.3. The molecule has 0 saturated heterocycles. The average molecular weight is 261 g/mol. The van der Waals surface area contributed by atoms with Crippen LogP contribution >= 0.6 is 10.7 Å². The van der Waals surface area contributed by atoms with Gasteiger partial charge in [0.1, 0.15) is 0 Å². The van der Waals surface area contributed by atoms with Crippen LogP contribution in [0.3, 0.4) is 0 Å². The molecule has 0 aliphatic rings. The molecule has 0 aromatic heterocycles. The van der Waals surface area contributed by atoms with Gasteiger partial charge in [0.15, 0.2) is 0 Å². The van der Waals surface area contributed by atoms with Crippen LogP contribution in [0, 0.1) is 0 Å². The van der Waals surface area contributed by atoms with E-state index in [9.17, 15) is 13.2 Å². The van der Waals surface area contributed by atoms with Gasteiger partial charge in [-0.2, -0.15) is 0 Å². The summed E-state index contributed by atoms with van der Waals surface area (Å²) in [7, 11) is 1.40. The van der Waals surface area contributed by atoms with Crippen molar-refractivity contribution in [1.82, 2.24) is 0 Å². The molecular weight excluding hydrogens is 252 g/mol. The summed E-state index contributed by atoms with van der Waals surface area (Å²) in [5.41, 5.74) is 0.769. The van der Waals surface area contributed by atoms with E-state index < -0.39 is 15.0 Å². The first-order valence-electron chi connectivity index (χ1n) is 4.27. The Morgan fingerprint density at radius 2 is 1.81 bits per heavy atom. The first kappa shape index (κ1) is 12.7. The number of halogens is 1. The predicted molar refractivity (Wildman–Crippen MR) is 60.8 cm³/mol. The molecular formula is C10H9ClO4S. The van der Waals surface area contributed by atoms with Crippen LogP contribution in [-0.4, -0.2) is 19.5 Å². The maximum Gasteiger partial charge on any atom is 0.331 e. The number of carboxylic acids is 1. The van der Waals surface area contributed by atoms with Crippen molar-refractivity contribution < 1.29 is 18.3 Å². The highest BCUT2D eigenvalue weighted by Gasteiger charge is 2.08. The van der Waals surface area contributed by atoms with Crippen LogP contribution < -0.4 is 0 Å². The van der Waals surface area contributed by atoms with E-state index in [1.165, 1.54) is 37.3 Å². The summed E-state index contributed by atoms with van der Waals surface area (Å²) < 4.78 is 21.9. The molecule has 86 valence electrons. The topological polar surface area (TPSA) is 71.4 Å². The fourth-order valence-electron chi connectivity index (χ4n) is 1.04. The molecule has 0 aliphatic heterocycles. The molecule has 0 spiro atoms. The number of aliphatic carboxylic acids is 1. The van der Waals surface area contributed by atoms with Crippen LogP contribution in [0.1, 0.15) is 12.5 Å². The van der Waals surface area contributed by atoms with E-state index in [2.05, 4.69) is 0 Å². The van der Waals surface area contributed by atoms with Gasteiger partial charge in [-0.05, 0) is 30.7 Å². The number of rotatable bonds is 3. The first-order valence-corrected chi connectivity index (χ1v) is 6.58. The van der Waals surface area contributed by atoms with Gasteiger partial charge in [0.05, 0.1) is 4.90 Å². The molecule has 0 fully saturated rings. The Labute approximate surface area is 97.6 Å². The zero-order valence-corrected chi connectivity index (χ0v) is 9.92. The van der Waals surface area contributed by atoms with E-state index in [1.807, 2.05) is 0 Å². The number of benzene rings is 1. The van der Waals surface area contributed by atoms with Gasteiger partial charge in [-0.3, -0.25) is 0 Å². The summed E-state index contributed by atoms with van der Waals surface area (Å²) in [6.45, 7) is 1.45. The molecule has 0 radical (unpaired) electrons. The van der Waals surface area contributed by atoms with Crippen molar-refractivity contribution in [2.24, 2.45) is 0 Å². The minimum atomic E-state index is -3.73. The lowest BCUT2D eigenvalue weighted by atomic mass is 10.1. The summed E-state index contributed by atoms with van der Waals surface area (Å²) in [5.74, 6) is -1.02. The van der Waals surface area contributed by atoms with E-state index in [0.29, 0.717) is 5.56 Å². The Balaban J connectivity index is 3.06. The average Bonchev–Trinajstić information content (AvgIpc) is 2.17. The number of carbonyl (C=O) groups is 1. The quantitative estimate of drug-likeness (QED) is 0.667. The fraction of sp³-hybridized carbons (Fsp3) is 0.100. The van der Waals surface area contributed by atoms with Gasteiger partial charge in [-0.25, -0.2) is 13.2 Å². The molecule has 1 rings (SSSR count). The molecule has 0 bridgehead atoms. The van der Waals surface area contributed by atoms with Crippen LogP contribution in [0.15, 0.2) is 34.7 Å². The zero-order valence-electron chi connectivity index (χ0n) is 8.34. The highest BCUT2D eigenvalue weighted by atomic mass is 35.7. The molecule has 0 amide bonds. The molecule has 0 atom stereocenters. The Hall–Kier alpha value is -1.33. The molecule has 0 saturated carbocycles. The Morgan fingerprint density at radius 1 is 1.31 bits per heavy atom. The summed E-state index contributed by atoms with van der Waals surface area (Å²) in [5, 5.41) is 8.64. The summed E-state index contributed by atoms with van der Waals surface area (Å²) in [4.78, 5) is 10.5. The molecule has 0 aliphatic carbocycles. The normalized spacial score (nSPS) is 12.5. The third-order valence-electron chi connectivity index (χ3n) is 1.88. The number of carboxylic acid groups (broad SMARTS) is 1. The van der Waals surface area contributed by atoms with Gasteiger partial charge in [-0.15, -0.1) is 0 Å². The van der Waals surface area contributed by atoms with Crippen LogP contribution in [0.5, 0.6) is 0 Å². The molecule has 1 aromatic rings. The molecule has 1 N–H and O–H groups in total. The maximum atomic E-state index is 10.9. The SMILES string of the molecule is CC(=Cc1ccc(S(=O)(=O)Cl)cc1)C(=O)O. The minimum Gasteiger partial charge on any atom is -0.478 e. The van der Waals surface area contributed by atoms with E-state index in [4.69, 9.17) is 15.8 Å². The maximum absolute atomic E-state index is 10.9. The highest BCUT2D eigenvalue weighted by Crippen LogP contribution is 2.16. The smallest absolute Gasteiger partial charge is 0.331 e. The van der Waals surface area contributed by atoms with E-state index in [1.54, 1.807) is 0 Å². The van der Waals surface area contributed by atoms with Crippen molar-refractivity contribution >= 4 is 31.8 Å². The largest absolute Gasteiger partial charge is 0.478 e. The standard InChI is InChI=1S/C10H9ClO4S/c1-7(10(12)13)6-8-2-4-9(5-3-8)16(11,14)15/h2-6H,1H3,(H,12,13). The van der Waals surface area contributed by atoms with Crippen molar-refractivity contribution in [3.63, 3.8) is 0 Å². The Morgan fingerprint density at radius 3 is 2.19 bits per heavy atom. The van der Waals surface area contributed by atoms with Gasteiger partial charge in [0.2, 0.25) is 0 Å². The van der Waals surface area contributed by atoms with Crippen molar-refractivity contribution in [3.05, 3.63) is 35.4 Å². The molecule has 6 heteroatoms. The van der Waals surface area contributed by atoms with Crippen LogP contribution in [0.2, 0.25) is 0 Å². The fourth-order valence-corrected chi connectivity index (χ4v) is 1.81. The second kappa shape index (κ2) is 4.67. The molecule has 16 heavy (non-hydrogen) atoms. The monoisotopic (exact) mass is 260 g/mol. The predicted octanol–water partition coefficient (Wildman–Crippen LogP) is 2.10. The van der Waals surface area contributed by atoms with Crippen LogP contribution in [-0.2, 0) is 13.8 Å². The summed E-state index contributed by atoms with van der Waals surface area (Å²) >= 11 is 0. The lowest BCUT2D eigenvalue weighted by molar-refractivity contribution is -0.132. The summed E-state index contributed by atoms with van der Waals surface area (Å²) in [6, 6.07) is 5.62. The lowest BCUT2D eigenvalue weighted by Crippen LogP contribution is -1.95. The minimum absolute atomic E-state index is 0.0145. The number of hydrogen-bond donors (Lipinski definition) is 1. The Kier molecular flexibility index (Phi) is 3.72. The third kappa shape index (κ3) is 3.36. The van der Waals surface area contributed by atoms with Gasteiger partial charge < -0.3 is 5.11 Å². The third-order valence-corrected chi connectivity index (χ3v) is 3.25. The molecule has 0 unspecified atom stereocenters. The first-order chi connectivity index (χ1) is 7.30. The second-order valence-electron chi connectivity index (χ2n) is 3.14. The summed E-state index contributed by atoms with van der Waals surface area (Å²) in [6.07, 6.45) is 1.44. The van der Waals surface area contributed by atoms with E-state index in [0.717, 1.165) is 0 Å². The molecule has 4 nitrogen and oxygen atoms in total. The van der Waals surface area contributed by atoms with Gasteiger partial charge in [-0.1, -0.05) is 12.1 Å². The Bertz CT molecular complexity index is 528. The highest BCUT2D eigenvalue weighted by molar-refractivity contribution is 8.13. The second-order valence-corrected chi connectivity index (χ2v) is 5.71. The lowest BCUT2D eigenvalue weighted by Gasteiger charge is -1.98. The van der Waals surface area contributed by atoms with E-state index in [-0.39, 0.29) is 10.5 Å². The van der Waals surface area contributed by atoms with Crippen LogP contribution in [0.25, 0.3) is 6.08 Å². The van der Waals surface area contributed by atoms with Crippen molar-refractivity contribution in [2.75, 3.05) is 0 Å². The van der Waals surface area contributed by atoms with Crippen LogP contribution in [0.4, 0.5) is 0 Å². The molecule has 1 aromatic carbocycles. The van der Waals surface area contributed by atoms with Crippen molar-refractivity contribution in [3.8, 4) is 0 Å².